The minimum Gasteiger partial charge on any atom is -0.461 e. The predicted octanol–water partition coefficient (Wildman–Crippen LogP) is 1.76. The van der Waals surface area contributed by atoms with Crippen molar-refractivity contribution in [3.8, 4) is 11.6 Å². The second-order valence-corrected chi connectivity index (χ2v) is 5.38. The number of nitrogens with zero attached hydrogens (tertiary/aromatic N) is 4. The first-order valence-corrected chi connectivity index (χ1v) is 7.09. The Morgan fingerprint density at radius 3 is 2.91 bits per heavy atom. The second-order valence-electron chi connectivity index (χ2n) is 5.38. The Kier molecular flexibility index (Phi) is 3.62. The van der Waals surface area contributed by atoms with Crippen molar-refractivity contribution in [1.82, 2.24) is 24.9 Å². The number of aromatic nitrogens is 4. The van der Waals surface area contributed by atoms with Gasteiger partial charge >= 0.3 is 0 Å². The Morgan fingerprint density at radius 2 is 2.23 bits per heavy atom. The van der Waals surface area contributed by atoms with Gasteiger partial charge in [0, 0.05) is 12.1 Å². The van der Waals surface area contributed by atoms with Crippen molar-refractivity contribution in [2.75, 3.05) is 0 Å². The van der Waals surface area contributed by atoms with Crippen LogP contribution in [0.5, 0.6) is 0 Å². The van der Waals surface area contributed by atoms with E-state index in [1.807, 2.05) is 20.8 Å². The van der Waals surface area contributed by atoms with E-state index in [2.05, 4.69) is 20.4 Å². The molecule has 3 aromatic rings. The van der Waals surface area contributed by atoms with E-state index < -0.39 is 0 Å². The summed E-state index contributed by atoms with van der Waals surface area (Å²) in [5, 5.41) is 7.17. The van der Waals surface area contributed by atoms with Gasteiger partial charge in [-0.05, 0) is 32.9 Å². The average molecular weight is 299 g/mol. The van der Waals surface area contributed by atoms with Crippen LogP contribution in [-0.4, -0.2) is 31.5 Å². The van der Waals surface area contributed by atoms with Crippen LogP contribution in [0.2, 0.25) is 0 Å². The van der Waals surface area contributed by atoms with Crippen LogP contribution in [0.4, 0.5) is 0 Å². The quantitative estimate of drug-likeness (QED) is 0.793. The summed E-state index contributed by atoms with van der Waals surface area (Å²) in [6.45, 7) is 5.65. The zero-order valence-electron chi connectivity index (χ0n) is 12.7. The van der Waals surface area contributed by atoms with Crippen LogP contribution in [0.25, 0.3) is 17.2 Å². The van der Waals surface area contributed by atoms with Gasteiger partial charge < -0.3 is 9.73 Å². The number of hydrogen-bond donors (Lipinski definition) is 1. The van der Waals surface area contributed by atoms with Gasteiger partial charge in [0.2, 0.25) is 5.91 Å². The second kappa shape index (κ2) is 5.59. The molecular formula is C15H17N5O2. The Balaban J connectivity index is 2.03. The van der Waals surface area contributed by atoms with Crippen molar-refractivity contribution in [2.24, 2.45) is 0 Å². The smallest absolute Gasteiger partial charge is 0.226 e. The first-order chi connectivity index (χ1) is 10.5. The topological polar surface area (TPSA) is 85.3 Å². The maximum absolute atomic E-state index is 11.9. The number of carbonyl (C=O) groups is 1. The number of rotatable bonds is 4. The molecule has 0 bridgehead atoms. The highest BCUT2D eigenvalue weighted by atomic mass is 16.3. The molecule has 1 amide bonds. The highest BCUT2D eigenvalue weighted by molar-refractivity contribution is 5.78. The molecule has 0 atom stereocenters. The van der Waals surface area contributed by atoms with Gasteiger partial charge in [-0.3, -0.25) is 4.79 Å². The predicted molar refractivity (Wildman–Crippen MR) is 80.2 cm³/mol. The van der Waals surface area contributed by atoms with E-state index in [0.717, 1.165) is 0 Å². The van der Waals surface area contributed by atoms with Crippen LogP contribution in [-0.2, 0) is 11.2 Å². The molecular weight excluding hydrogens is 282 g/mol. The molecule has 0 spiro atoms. The lowest BCUT2D eigenvalue weighted by atomic mass is 10.2. The SMILES string of the molecule is Cc1nc2cc(CC(=O)NC(C)C)nc(-c3ccco3)n2n1. The van der Waals surface area contributed by atoms with Gasteiger partial charge in [-0.2, -0.15) is 4.52 Å². The van der Waals surface area contributed by atoms with Crippen molar-refractivity contribution in [1.29, 1.82) is 0 Å². The fraction of sp³-hybridized carbons (Fsp3) is 0.333. The van der Waals surface area contributed by atoms with E-state index >= 15 is 0 Å². The number of nitrogens with one attached hydrogen (secondary N) is 1. The van der Waals surface area contributed by atoms with E-state index in [4.69, 9.17) is 4.42 Å². The van der Waals surface area contributed by atoms with E-state index in [-0.39, 0.29) is 18.4 Å². The fourth-order valence-corrected chi connectivity index (χ4v) is 2.24. The zero-order valence-corrected chi connectivity index (χ0v) is 12.7. The van der Waals surface area contributed by atoms with E-state index in [0.29, 0.717) is 28.8 Å². The molecule has 0 aliphatic heterocycles. The zero-order chi connectivity index (χ0) is 15.7. The Bertz CT molecular complexity index is 805. The van der Waals surface area contributed by atoms with Crippen LogP contribution in [0.1, 0.15) is 25.4 Å². The van der Waals surface area contributed by atoms with Gasteiger partial charge in [-0.25, -0.2) is 9.97 Å². The van der Waals surface area contributed by atoms with Gasteiger partial charge in [0.05, 0.1) is 18.4 Å². The van der Waals surface area contributed by atoms with Crippen LogP contribution < -0.4 is 5.32 Å². The third-order valence-corrected chi connectivity index (χ3v) is 3.02. The maximum Gasteiger partial charge on any atom is 0.226 e. The van der Waals surface area contributed by atoms with Crippen LogP contribution in [0.3, 0.4) is 0 Å². The summed E-state index contributed by atoms with van der Waals surface area (Å²) in [5.41, 5.74) is 1.27. The minimum atomic E-state index is -0.0755. The van der Waals surface area contributed by atoms with Gasteiger partial charge in [-0.15, -0.1) is 5.10 Å². The molecule has 3 rings (SSSR count). The van der Waals surface area contributed by atoms with Crippen molar-refractivity contribution >= 4 is 11.6 Å². The summed E-state index contributed by atoms with van der Waals surface area (Å²) in [4.78, 5) is 20.8. The van der Waals surface area contributed by atoms with Gasteiger partial charge in [0.1, 0.15) is 5.82 Å². The number of amides is 1. The summed E-state index contributed by atoms with van der Waals surface area (Å²) in [7, 11) is 0. The monoisotopic (exact) mass is 299 g/mol. The standard InChI is InChI=1S/C15H17N5O2/c1-9(2)16-14(21)8-11-7-13-17-10(3)19-20(13)15(18-11)12-5-4-6-22-12/h4-7,9H,8H2,1-3H3,(H,16,21). The summed E-state index contributed by atoms with van der Waals surface area (Å²) in [5.74, 6) is 1.68. The van der Waals surface area contributed by atoms with Crippen LogP contribution in [0.15, 0.2) is 28.9 Å². The first-order valence-electron chi connectivity index (χ1n) is 7.09. The molecule has 3 heterocycles. The highest BCUT2D eigenvalue weighted by Gasteiger charge is 2.15. The molecule has 1 N–H and O–H groups in total. The normalized spacial score (nSPS) is 11.3. The third kappa shape index (κ3) is 2.83. The van der Waals surface area contributed by atoms with Gasteiger partial charge in [-0.1, -0.05) is 0 Å². The maximum atomic E-state index is 11.9. The lowest BCUT2D eigenvalue weighted by molar-refractivity contribution is -0.120. The first kappa shape index (κ1) is 14.2. The van der Waals surface area contributed by atoms with Crippen LogP contribution in [0, 0.1) is 6.92 Å². The Labute approximate surface area is 127 Å². The molecule has 0 fully saturated rings. The van der Waals surface area contributed by atoms with Crippen molar-refractivity contribution in [3.05, 3.63) is 36.0 Å². The van der Waals surface area contributed by atoms with E-state index in [1.165, 1.54) is 0 Å². The molecule has 3 aromatic heterocycles. The van der Waals surface area contributed by atoms with Crippen LogP contribution >= 0.6 is 0 Å². The third-order valence-electron chi connectivity index (χ3n) is 3.02. The molecule has 0 aromatic carbocycles. The lowest BCUT2D eigenvalue weighted by Gasteiger charge is -2.09. The largest absolute Gasteiger partial charge is 0.461 e. The molecule has 0 saturated heterocycles. The lowest BCUT2D eigenvalue weighted by Crippen LogP contribution is -2.31. The van der Waals surface area contributed by atoms with Crippen molar-refractivity contribution < 1.29 is 9.21 Å². The van der Waals surface area contributed by atoms with Crippen molar-refractivity contribution in [2.45, 2.75) is 33.2 Å². The fourth-order valence-electron chi connectivity index (χ4n) is 2.24. The molecule has 0 radical (unpaired) electrons. The molecule has 0 saturated carbocycles. The molecule has 114 valence electrons. The summed E-state index contributed by atoms with van der Waals surface area (Å²) in [6.07, 6.45) is 1.76. The number of fused-ring (bicyclic) bond motifs is 1. The molecule has 22 heavy (non-hydrogen) atoms. The van der Waals surface area contributed by atoms with E-state index in [1.54, 1.807) is 29.0 Å². The molecule has 0 aliphatic rings. The Hall–Kier alpha value is -2.70. The molecule has 7 heteroatoms. The van der Waals surface area contributed by atoms with Gasteiger partial charge in [0.25, 0.3) is 0 Å². The molecule has 0 unspecified atom stereocenters. The number of furan rings is 1. The highest BCUT2D eigenvalue weighted by Crippen LogP contribution is 2.19. The number of aryl methyl sites for hydroxylation is 1. The summed E-state index contributed by atoms with van der Waals surface area (Å²) in [6, 6.07) is 5.45. The van der Waals surface area contributed by atoms with Crippen molar-refractivity contribution in [3.63, 3.8) is 0 Å². The van der Waals surface area contributed by atoms with E-state index in [9.17, 15) is 4.79 Å². The van der Waals surface area contributed by atoms with Gasteiger partial charge in [0.15, 0.2) is 17.2 Å². The summed E-state index contributed by atoms with van der Waals surface area (Å²) >= 11 is 0. The molecule has 0 aliphatic carbocycles. The number of carbonyl (C=O) groups excluding carboxylic acids is 1. The summed E-state index contributed by atoms with van der Waals surface area (Å²) < 4.78 is 7.03. The number of hydrogen-bond acceptors (Lipinski definition) is 5. The Morgan fingerprint density at radius 1 is 1.41 bits per heavy atom. The molecule has 7 nitrogen and oxygen atoms in total. The minimum absolute atomic E-state index is 0.0755. The average Bonchev–Trinajstić information content (AvgIpc) is 3.04.